The third kappa shape index (κ3) is 5.97. The van der Waals surface area contributed by atoms with Crippen LogP contribution in [0.2, 0.25) is 0 Å². The highest BCUT2D eigenvalue weighted by Crippen LogP contribution is 2.50. The van der Waals surface area contributed by atoms with E-state index in [1.165, 1.54) is 24.3 Å². The van der Waals surface area contributed by atoms with E-state index >= 15 is 0 Å². The van der Waals surface area contributed by atoms with Crippen LogP contribution in [0.5, 0.6) is 0 Å². The number of nitrogens with one attached hydrogen (secondary N) is 1. The minimum atomic E-state index is -3.52. The van der Waals surface area contributed by atoms with Crippen molar-refractivity contribution in [1.82, 2.24) is 10.2 Å². The number of hydrogen-bond acceptors (Lipinski definition) is 8. The van der Waals surface area contributed by atoms with Gasteiger partial charge in [0.25, 0.3) is 5.69 Å². The van der Waals surface area contributed by atoms with Crippen molar-refractivity contribution in [2.75, 3.05) is 18.6 Å². The number of nitro groups is 1. The first kappa shape index (κ1) is 29.8. The number of non-ortho nitro benzene ring substituents is 1. The molecule has 12 heteroatoms. The lowest BCUT2D eigenvalue weighted by Gasteiger charge is -2.31. The first-order valence-electron chi connectivity index (χ1n) is 13.5. The Morgan fingerprint density at radius 2 is 1.58 bits per heavy atom. The Morgan fingerprint density at radius 1 is 0.977 bits per heavy atom. The molecule has 0 bridgehead atoms. The molecule has 4 atom stereocenters. The third-order valence-electron chi connectivity index (χ3n) is 8.01. The summed E-state index contributed by atoms with van der Waals surface area (Å²) in [4.78, 5) is 51.8. The van der Waals surface area contributed by atoms with Gasteiger partial charge in [0, 0.05) is 37.4 Å². The molecule has 2 fully saturated rings. The van der Waals surface area contributed by atoms with Crippen molar-refractivity contribution in [2.45, 2.75) is 18.0 Å². The van der Waals surface area contributed by atoms with Gasteiger partial charge in [-0.2, -0.15) is 0 Å². The van der Waals surface area contributed by atoms with Crippen molar-refractivity contribution < 1.29 is 32.8 Å². The van der Waals surface area contributed by atoms with Crippen LogP contribution in [0.25, 0.3) is 12.2 Å². The first-order chi connectivity index (χ1) is 20.4. The van der Waals surface area contributed by atoms with Gasteiger partial charge < -0.3 is 5.11 Å². The van der Waals surface area contributed by atoms with Gasteiger partial charge in [-0.3, -0.25) is 34.7 Å². The zero-order valence-corrected chi connectivity index (χ0v) is 23.9. The van der Waals surface area contributed by atoms with Crippen molar-refractivity contribution in [1.29, 1.82) is 0 Å². The van der Waals surface area contributed by atoms with E-state index in [0.717, 1.165) is 22.3 Å². The maximum absolute atomic E-state index is 13.7. The van der Waals surface area contributed by atoms with E-state index in [9.17, 15) is 38.0 Å². The van der Waals surface area contributed by atoms with E-state index in [1.54, 1.807) is 12.1 Å². The smallest absolute Gasteiger partial charge is 0.325 e. The van der Waals surface area contributed by atoms with Crippen LogP contribution in [0.15, 0.2) is 78.9 Å². The van der Waals surface area contributed by atoms with Crippen LogP contribution < -0.4 is 5.32 Å². The number of amides is 2. The molecule has 0 saturated carbocycles. The van der Waals surface area contributed by atoms with Gasteiger partial charge in [0.05, 0.1) is 22.5 Å². The number of likely N-dealkylation sites (tertiary alicyclic amines) is 1. The van der Waals surface area contributed by atoms with Gasteiger partial charge in [0.15, 0.2) is 0 Å². The van der Waals surface area contributed by atoms with Crippen LogP contribution in [-0.2, 0) is 30.6 Å². The minimum Gasteiger partial charge on any atom is -0.480 e. The molecule has 2 N–H and O–H groups in total. The molecule has 11 nitrogen and oxygen atoms in total. The highest BCUT2D eigenvalue weighted by atomic mass is 32.2. The summed E-state index contributed by atoms with van der Waals surface area (Å²) < 4.78 is 23.7. The normalized spacial score (nSPS) is 23.6. The summed E-state index contributed by atoms with van der Waals surface area (Å²) in [6.07, 6.45) is 4.61. The Hall–Kier alpha value is -4.68. The molecule has 2 heterocycles. The van der Waals surface area contributed by atoms with Crippen LogP contribution in [0, 0.1) is 22.0 Å². The molecule has 2 amide bonds. The van der Waals surface area contributed by atoms with E-state index in [0.29, 0.717) is 11.1 Å². The molecule has 0 spiro atoms. The van der Waals surface area contributed by atoms with E-state index in [-0.39, 0.29) is 18.7 Å². The summed E-state index contributed by atoms with van der Waals surface area (Å²) in [7, 11) is -3.52. The Labute approximate surface area is 247 Å². The molecule has 0 aromatic heterocycles. The van der Waals surface area contributed by atoms with Crippen molar-refractivity contribution in [3.05, 3.63) is 111 Å². The highest BCUT2D eigenvalue weighted by molar-refractivity contribution is 7.90. The number of benzene rings is 3. The van der Waals surface area contributed by atoms with Crippen LogP contribution in [-0.4, -0.2) is 65.2 Å². The topological polar surface area (TPSA) is 164 Å². The number of aliphatic carboxylic acids is 1. The number of carboxylic acids is 1. The highest BCUT2D eigenvalue weighted by Gasteiger charge is 2.68. The molecule has 222 valence electrons. The number of nitrogens with zero attached hydrogens (tertiary/aromatic N) is 2. The van der Waals surface area contributed by atoms with Crippen molar-refractivity contribution in [2.24, 2.45) is 11.8 Å². The van der Waals surface area contributed by atoms with Gasteiger partial charge in [-0.05, 0) is 22.3 Å². The molecule has 0 radical (unpaired) electrons. The van der Waals surface area contributed by atoms with E-state index in [4.69, 9.17) is 0 Å². The minimum absolute atomic E-state index is 0.177. The number of imide groups is 1. The molecule has 3 aromatic carbocycles. The zero-order valence-electron chi connectivity index (χ0n) is 23.1. The molecule has 0 aliphatic carbocycles. The van der Waals surface area contributed by atoms with Crippen molar-refractivity contribution in [3.63, 3.8) is 0 Å². The number of carbonyl (C=O) groups is 3. The summed E-state index contributed by atoms with van der Waals surface area (Å²) in [5.41, 5.74) is 0.753. The summed E-state index contributed by atoms with van der Waals surface area (Å²) >= 11 is 0. The van der Waals surface area contributed by atoms with E-state index in [1.807, 2.05) is 54.6 Å². The van der Waals surface area contributed by atoms with Gasteiger partial charge >= 0.3 is 5.97 Å². The van der Waals surface area contributed by atoms with E-state index in [2.05, 4.69) is 5.32 Å². The number of sulfone groups is 1. The van der Waals surface area contributed by atoms with Gasteiger partial charge in [-0.25, -0.2) is 8.42 Å². The van der Waals surface area contributed by atoms with Crippen LogP contribution in [0.3, 0.4) is 0 Å². The SMILES string of the molecule is CS(=O)(=O)CCN1C(=O)C2C(c3ccc(/C=C/c4ccccc4)cc3)NC(Cc3ccc([N+](=O)[O-])cc3)(C(=O)O)C2C1=O. The molecule has 2 aliphatic rings. The molecular formula is C31H29N3O8S. The Bertz CT molecular complexity index is 1710. The number of fused-ring (bicyclic) bond motifs is 1. The van der Waals surface area contributed by atoms with Crippen molar-refractivity contribution in [3.8, 4) is 0 Å². The molecule has 4 unspecified atom stereocenters. The predicted octanol–water partition coefficient (Wildman–Crippen LogP) is 3.12. The fourth-order valence-corrected chi connectivity index (χ4v) is 6.40. The second-order valence-electron chi connectivity index (χ2n) is 10.9. The van der Waals surface area contributed by atoms with Crippen LogP contribution >= 0.6 is 0 Å². The van der Waals surface area contributed by atoms with Gasteiger partial charge in [0.1, 0.15) is 15.4 Å². The van der Waals surface area contributed by atoms with E-state index < -0.39 is 61.7 Å². The lowest BCUT2D eigenvalue weighted by Crippen LogP contribution is -2.57. The Balaban J connectivity index is 1.52. The van der Waals surface area contributed by atoms with Gasteiger partial charge in [-0.1, -0.05) is 78.9 Å². The second-order valence-corrected chi connectivity index (χ2v) is 13.1. The second kappa shape index (κ2) is 11.5. The van der Waals surface area contributed by atoms with Crippen molar-refractivity contribution >= 4 is 45.5 Å². The van der Waals surface area contributed by atoms with Crippen LogP contribution in [0.1, 0.15) is 28.3 Å². The first-order valence-corrected chi connectivity index (χ1v) is 15.6. The quantitative estimate of drug-likeness (QED) is 0.153. The molecule has 5 rings (SSSR count). The summed E-state index contributed by atoms with van der Waals surface area (Å²) in [5.74, 6) is -5.66. The van der Waals surface area contributed by atoms with Gasteiger partial charge in [0.2, 0.25) is 11.8 Å². The molecule has 3 aromatic rings. The lowest BCUT2D eigenvalue weighted by molar-refractivity contribution is -0.384. The van der Waals surface area contributed by atoms with Crippen LogP contribution in [0.4, 0.5) is 5.69 Å². The molecule has 2 saturated heterocycles. The van der Waals surface area contributed by atoms with Gasteiger partial charge in [-0.15, -0.1) is 0 Å². The number of carbonyl (C=O) groups excluding carboxylic acids is 2. The average Bonchev–Trinajstić information content (AvgIpc) is 3.45. The monoisotopic (exact) mass is 603 g/mol. The Morgan fingerprint density at radius 3 is 2.14 bits per heavy atom. The molecule has 2 aliphatic heterocycles. The fourth-order valence-electron chi connectivity index (χ4n) is 5.89. The predicted molar refractivity (Wildman–Crippen MR) is 158 cm³/mol. The lowest BCUT2D eigenvalue weighted by atomic mass is 9.76. The Kier molecular flexibility index (Phi) is 8.00. The zero-order chi connectivity index (χ0) is 30.9. The number of carboxylic acid groups (broad SMARTS) is 1. The number of nitro benzene ring substituents is 1. The molecule has 43 heavy (non-hydrogen) atoms. The fraction of sp³-hybridized carbons (Fsp3) is 0.258. The summed E-state index contributed by atoms with van der Waals surface area (Å²) in [5, 5.41) is 24.8. The number of hydrogen-bond donors (Lipinski definition) is 2. The standard InChI is InChI=1S/C31H29N3O8S/c1-43(41,42)18-17-33-28(35)25-26(29(33)36)31(30(37)38,19-22-11-15-24(16-12-22)34(39)40)32-27(25)23-13-9-21(10-14-23)8-7-20-5-3-2-4-6-20/h2-16,25-27,32H,17-19H2,1H3,(H,37,38)/b8-7+. The maximum atomic E-state index is 13.7. The average molecular weight is 604 g/mol. The largest absolute Gasteiger partial charge is 0.480 e. The molecular weight excluding hydrogens is 574 g/mol. The number of rotatable bonds is 10. The maximum Gasteiger partial charge on any atom is 0.325 e. The third-order valence-corrected chi connectivity index (χ3v) is 8.93. The summed E-state index contributed by atoms with van der Waals surface area (Å²) in [6.45, 7) is -0.382. The summed E-state index contributed by atoms with van der Waals surface area (Å²) in [6, 6.07) is 21.3.